The first-order valence-corrected chi connectivity index (χ1v) is 8.48. The summed E-state index contributed by atoms with van der Waals surface area (Å²) in [4.78, 5) is 27.5. The van der Waals surface area contributed by atoms with Gasteiger partial charge in [-0.05, 0) is 36.3 Å². The Labute approximate surface area is 137 Å². The van der Waals surface area contributed by atoms with Crippen molar-refractivity contribution in [2.75, 3.05) is 26.2 Å². The number of benzene rings is 1. The van der Waals surface area contributed by atoms with Gasteiger partial charge in [-0.25, -0.2) is 4.79 Å². The lowest BCUT2D eigenvalue weighted by Gasteiger charge is -2.33. The second-order valence-electron chi connectivity index (χ2n) is 6.58. The number of nitrogens with zero attached hydrogens (tertiary/aromatic N) is 2. The number of hydrogen-bond donors (Lipinski definition) is 1. The first-order valence-electron chi connectivity index (χ1n) is 8.48. The van der Waals surface area contributed by atoms with Crippen molar-refractivity contribution in [2.24, 2.45) is 5.92 Å². The molecule has 1 fully saturated rings. The summed E-state index contributed by atoms with van der Waals surface area (Å²) in [5.74, 6) is 0.631. The summed E-state index contributed by atoms with van der Waals surface area (Å²) in [6.45, 7) is 5.44. The highest BCUT2D eigenvalue weighted by atomic mass is 16.2. The third kappa shape index (κ3) is 3.84. The van der Waals surface area contributed by atoms with Crippen LogP contribution in [0.5, 0.6) is 0 Å². The molecule has 1 N–H and O–H groups in total. The van der Waals surface area contributed by atoms with E-state index in [1.165, 1.54) is 11.1 Å². The minimum atomic E-state index is 0.0356. The number of urea groups is 1. The lowest BCUT2D eigenvalue weighted by molar-refractivity contribution is -0.130. The van der Waals surface area contributed by atoms with E-state index in [4.69, 9.17) is 0 Å². The molecule has 2 aliphatic rings. The Hall–Kier alpha value is -2.04. The fourth-order valence-corrected chi connectivity index (χ4v) is 3.46. The van der Waals surface area contributed by atoms with Crippen LogP contribution >= 0.6 is 0 Å². The highest BCUT2D eigenvalue weighted by Crippen LogP contribution is 2.19. The molecule has 2 heterocycles. The monoisotopic (exact) mass is 315 g/mol. The van der Waals surface area contributed by atoms with Crippen LogP contribution in [0.15, 0.2) is 24.3 Å². The number of carbonyl (C=O) groups is 2. The Morgan fingerprint density at radius 2 is 1.78 bits per heavy atom. The van der Waals surface area contributed by atoms with E-state index in [-0.39, 0.29) is 11.9 Å². The first kappa shape index (κ1) is 15.8. The average Bonchev–Trinajstić information content (AvgIpc) is 2.59. The minimum absolute atomic E-state index is 0.0356. The Bertz CT molecular complexity index is 579. The Morgan fingerprint density at radius 1 is 1.09 bits per heavy atom. The fourth-order valence-electron chi connectivity index (χ4n) is 3.46. The molecule has 2 aliphatic heterocycles. The maximum absolute atomic E-state index is 12.4. The van der Waals surface area contributed by atoms with Crippen LogP contribution in [0, 0.1) is 5.92 Å². The van der Waals surface area contributed by atoms with Crippen molar-refractivity contribution in [2.45, 2.75) is 32.7 Å². The predicted molar refractivity (Wildman–Crippen MR) is 88.9 cm³/mol. The van der Waals surface area contributed by atoms with Crippen LogP contribution < -0.4 is 5.32 Å². The topological polar surface area (TPSA) is 52.7 Å². The quantitative estimate of drug-likeness (QED) is 0.908. The molecule has 0 aliphatic carbocycles. The van der Waals surface area contributed by atoms with Gasteiger partial charge in [0.2, 0.25) is 5.91 Å². The molecule has 5 nitrogen and oxygen atoms in total. The van der Waals surface area contributed by atoms with Gasteiger partial charge in [0.15, 0.2) is 0 Å². The molecule has 3 amide bonds. The number of carbonyl (C=O) groups excluding carboxylic acids is 2. The van der Waals surface area contributed by atoms with Crippen molar-refractivity contribution in [3.63, 3.8) is 0 Å². The van der Waals surface area contributed by atoms with Crippen LogP contribution in [-0.4, -0.2) is 47.9 Å². The van der Waals surface area contributed by atoms with E-state index in [9.17, 15) is 9.59 Å². The van der Waals surface area contributed by atoms with E-state index in [2.05, 4.69) is 23.5 Å². The maximum atomic E-state index is 12.4. The van der Waals surface area contributed by atoms with Gasteiger partial charge in [0, 0.05) is 39.6 Å². The molecule has 23 heavy (non-hydrogen) atoms. The third-order valence-corrected chi connectivity index (χ3v) is 5.02. The zero-order valence-electron chi connectivity index (χ0n) is 13.8. The summed E-state index contributed by atoms with van der Waals surface area (Å²) < 4.78 is 0. The summed E-state index contributed by atoms with van der Waals surface area (Å²) in [5.41, 5.74) is 2.61. The molecular weight excluding hydrogens is 290 g/mol. The van der Waals surface area contributed by atoms with Gasteiger partial charge >= 0.3 is 6.03 Å². The fraction of sp³-hybridized carbons (Fsp3) is 0.556. The number of hydrogen-bond acceptors (Lipinski definition) is 2. The van der Waals surface area contributed by atoms with Crippen LogP contribution in [0.2, 0.25) is 0 Å². The molecule has 0 unspecified atom stereocenters. The average molecular weight is 315 g/mol. The molecule has 1 aromatic rings. The molecule has 5 heteroatoms. The van der Waals surface area contributed by atoms with Crippen LogP contribution in [0.4, 0.5) is 4.79 Å². The predicted octanol–water partition coefficient (Wildman–Crippen LogP) is 2.01. The molecular formula is C18H25N3O2. The van der Waals surface area contributed by atoms with Crippen molar-refractivity contribution >= 4 is 11.9 Å². The molecule has 0 spiro atoms. The molecule has 3 rings (SSSR count). The summed E-state index contributed by atoms with van der Waals surface area (Å²) in [6, 6.07) is 8.37. The molecule has 0 radical (unpaired) electrons. The molecule has 1 saturated heterocycles. The van der Waals surface area contributed by atoms with Crippen LogP contribution in [-0.2, 0) is 17.8 Å². The van der Waals surface area contributed by atoms with Crippen molar-refractivity contribution < 1.29 is 9.59 Å². The van der Waals surface area contributed by atoms with Gasteiger partial charge in [0.25, 0.3) is 0 Å². The van der Waals surface area contributed by atoms with Crippen LogP contribution in [0.25, 0.3) is 0 Å². The number of nitrogens with one attached hydrogen (secondary N) is 1. The van der Waals surface area contributed by atoms with E-state index in [1.807, 2.05) is 15.9 Å². The number of likely N-dealkylation sites (tertiary alicyclic amines) is 1. The van der Waals surface area contributed by atoms with Gasteiger partial charge in [-0.1, -0.05) is 24.3 Å². The van der Waals surface area contributed by atoms with Gasteiger partial charge in [-0.15, -0.1) is 0 Å². The molecule has 0 bridgehead atoms. The summed E-state index contributed by atoms with van der Waals surface area (Å²) in [5, 5.41) is 3.08. The van der Waals surface area contributed by atoms with Gasteiger partial charge in [-0.2, -0.15) is 0 Å². The van der Waals surface area contributed by atoms with Crippen molar-refractivity contribution in [1.29, 1.82) is 0 Å². The third-order valence-electron chi connectivity index (χ3n) is 5.02. The number of fused-ring (bicyclic) bond motifs is 1. The zero-order chi connectivity index (χ0) is 16.2. The molecule has 0 saturated carbocycles. The largest absolute Gasteiger partial charge is 0.343 e. The van der Waals surface area contributed by atoms with E-state index >= 15 is 0 Å². The highest BCUT2D eigenvalue weighted by molar-refractivity contribution is 5.74. The second kappa shape index (κ2) is 7.02. The number of piperidine rings is 1. The van der Waals surface area contributed by atoms with E-state index < -0.39 is 0 Å². The smallest absolute Gasteiger partial charge is 0.317 e. The molecule has 0 atom stereocenters. The Morgan fingerprint density at radius 3 is 2.48 bits per heavy atom. The summed E-state index contributed by atoms with van der Waals surface area (Å²) >= 11 is 0. The lowest BCUT2D eigenvalue weighted by atomic mass is 9.97. The van der Waals surface area contributed by atoms with E-state index in [0.717, 1.165) is 38.9 Å². The Kier molecular flexibility index (Phi) is 4.84. The van der Waals surface area contributed by atoms with Crippen molar-refractivity contribution in [3.8, 4) is 0 Å². The summed E-state index contributed by atoms with van der Waals surface area (Å²) in [7, 11) is 0. The number of amides is 3. The van der Waals surface area contributed by atoms with Gasteiger partial charge < -0.3 is 15.1 Å². The van der Waals surface area contributed by atoms with Gasteiger partial charge in [-0.3, -0.25) is 4.79 Å². The second-order valence-corrected chi connectivity index (χ2v) is 6.58. The maximum Gasteiger partial charge on any atom is 0.317 e. The lowest BCUT2D eigenvalue weighted by Crippen LogP contribution is -2.46. The molecule has 124 valence electrons. The van der Waals surface area contributed by atoms with E-state index in [0.29, 0.717) is 19.0 Å². The summed E-state index contributed by atoms with van der Waals surface area (Å²) in [6.07, 6.45) is 2.88. The number of rotatable bonds is 2. The Balaban J connectivity index is 1.45. The molecule has 0 aromatic heterocycles. The van der Waals surface area contributed by atoms with Crippen molar-refractivity contribution in [3.05, 3.63) is 35.4 Å². The normalized spacial score (nSPS) is 18.5. The van der Waals surface area contributed by atoms with E-state index in [1.54, 1.807) is 6.92 Å². The van der Waals surface area contributed by atoms with Gasteiger partial charge in [0.1, 0.15) is 0 Å². The minimum Gasteiger partial charge on any atom is -0.343 e. The standard InChI is InChI=1S/C18H25N3O2/c1-14(22)20-9-6-15(7-10-20)12-19-18(23)21-11-8-16-4-2-3-5-17(16)13-21/h2-5,15H,6-13H2,1H3,(H,19,23). The molecule has 1 aromatic carbocycles. The zero-order valence-corrected chi connectivity index (χ0v) is 13.8. The van der Waals surface area contributed by atoms with Crippen LogP contribution in [0.1, 0.15) is 30.9 Å². The van der Waals surface area contributed by atoms with Crippen LogP contribution in [0.3, 0.4) is 0 Å². The van der Waals surface area contributed by atoms with Gasteiger partial charge in [0.05, 0.1) is 0 Å². The van der Waals surface area contributed by atoms with Crippen molar-refractivity contribution in [1.82, 2.24) is 15.1 Å². The first-order chi connectivity index (χ1) is 11.1. The SMILES string of the molecule is CC(=O)N1CCC(CNC(=O)N2CCc3ccccc3C2)CC1. The highest BCUT2D eigenvalue weighted by Gasteiger charge is 2.23.